The minimum absolute atomic E-state index is 0.0864. The number of anilines is 1. The number of aryl methyl sites for hydroxylation is 1. The quantitative estimate of drug-likeness (QED) is 0.546. The summed E-state index contributed by atoms with van der Waals surface area (Å²) in [4.78, 5) is 12.0. The van der Waals surface area contributed by atoms with E-state index in [2.05, 4.69) is 15.5 Å². The van der Waals surface area contributed by atoms with Gasteiger partial charge < -0.3 is 10.1 Å². The molecule has 3 rings (SSSR count). The Morgan fingerprint density at radius 3 is 2.59 bits per heavy atom. The number of hydrogen-bond acceptors (Lipinski definition) is 5. The topological polar surface area (TPSA) is 64.1 Å². The minimum atomic E-state index is -0.0864. The maximum atomic E-state index is 12.0. The van der Waals surface area contributed by atoms with Crippen LogP contribution in [0.1, 0.15) is 29.0 Å². The fourth-order valence-corrected chi connectivity index (χ4v) is 3.31. The second kappa shape index (κ2) is 9.48. The van der Waals surface area contributed by atoms with E-state index in [0.29, 0.717) is 36.0 Å². The van der Waals surface area contributed by atoms with Crippen molar-refractivity contribution in [3.05, 3.63) is 69.7 Å². The van der Waals surface area contributed by atoms with Gasteiger partial charge in [0, 0.05) is 17.9 Å². The molecule has 0 aliphatic carbocycles. The monoisotopic (exact) mass is 401 g/mol. The third-order valence-electron chi connectivity index (χ3n) is 3.82. The maximum absolute atomic E-state index is 12.0. The SMILES string of the molecule is Cc1ccc(OCCCC(=O)Nc2nnc(Cc3ccc(Cl)cc3)s2)cc1. The van der Waals surface area contributed by atoms with Crippen molar-refractivity contribution < 1.29 is 9.53 Å². The van der Waals surface area contributed by atoms with Crippen LogP contribution in [0.3, 0.4) is 0 Å². The van der Waals surface area contributed by atoms with Crippen molar-refractivity contribution in [2.24, 2.45) is 0 Å². The van der Waals surface area contributed by atoms with Crippen LogP contribution in [0.4, 0.5) is 5.13 Å². The molecule has 0 saturated carbocycles. The summed E-state index contributed by atoms with van der Waals surface area (Å²) >= 11 is 7.27. The summed E-state index contributed by atoms with van der Waals surface area (Å²) in [5, 5.41) is 13.0. The molecule has 27 heavy (non-hydrogen) atoms. The largest absolute Gasteiger partial charge is 0.494 e. The van der Waals surface area contributed by atoms with Gasteiger partial charge >= 0.3 is 0 Å². The zero-order valence-corrected chi connectivity index (χ0v) is 16.5. The summed E-state index contributed by atoms with van der Waals surface area (Å²) in [5.41, 5.74) is 2.29. The summed E-state index contributed by atoms with van der Waals surface area (Å²) in [6.07, 6.45) is 1.67. The Balaban J connectivity index is 1.39. The van der Waals surface area contributed by atoms with Crippen molar-refractivity contribution in [3.63, 3.8) is 0 Å². The molecular weight excluding hydrogens is 382 g/mol. The van der Waals surface area contributed by atoms with Crippen LogP contribution in [0.2, 0.25) is 5.02 Å². The highest BCUT2D eigenvalue weighted by Gasteiger charge is 2.09. The second-order valence-electron chi connectivity index (χ2n) is 6.12. The average Bonchev–Trinajstić information content (AvgIpc) is 3.09. The van der Waals surface area contributed by atoms with E-state index in [1.807, 2.05) is 55.5 Å². The summed E-state index contributed by atoms with van der Waals surface area (Å²) in [5.74, 6) is 0.730. The molecule has 0 aliphatic heterocycles. The van der Waals surface area contributed by atoms with E-state index in [1.54, 1.807) is 0 Å². The lowest BCUT2D eigenvalue weighted by Crippen LogP contribution is -2.12. The highest BCUT2D eigenvalue weighted by Crippen LogP contribution is 2.20. The number of nitrogens with one attached hydrogen (secondary N) is 1. The predicted octanol–water partition coefficient (Wildman–Crippen LogP) is 4.89. The maximum Gasteiger partial charge on any atom is 0.226 e. The first-order valence-electron chi connectivity index (χ1n) is 8.64. The fourth-order valence-electron chi connectivity index (χ4n) is 2.39. The van der Waals surface area contributed by atoms with Gasteiger partial charge in [0.05, 0.1) is 6.61 Å². The van der Waals surface area contributed by atoms with Crippen LogP contribution in [-0.2, 0) is 11.2 Å². The van der Waals surface area contributed by atoms with Crippen LogP contribution in [0.5, 0.6) is 5.75 Å². The molecule has 0 spiro atoms. The Morgan fingerprint density at radius 1 is 1.11 bits per heavy atom. The number of aromatic nitrogens is 2. The number of carbonyl (C=O) groups excluding carboxylic acids is 1. The van der Waals surface area contributed by atoms with Crippen LogP contribution >= 0.6 is 22.9 Å². The molecule has 140 valence electrons. The lowest BCUT2D eigenvalue weighted by Gasteiger charge is -2.06. The molecule has 1 aromatic heterocycles. The first-order chi connectivity index (χ1) is 13.1. The Morgan fingerprint density at radius 2 is 1.85 bits per heavy atom. The Hall–Kier alpha value is -2.44. The molecule has 2 aromatic carbocycles. The molecule has 3 aromatic rings. The molecular formula is C20H20ClN3O2S. The number of carbonyl (C=O) groups is 1. The molecule has 0 saturated heterocycles. The van der Waals surface area contributed by atoms with E-state index in [4.69, 9.17) is 16.3 Å². The van der Waals surface area contributed by atoms with Gasteiger partial charge in [-0.2, -0.15) is 0 Å². The van der Waals surface area contributed by atoms with Gasteiger partial charge in [-0.1, -0.05) is 52.8 Å². The van der Waals surface area contributed by atoms with Crippen LogP contribution in [-0.4, -0.2) is 22.7 Å². The molecule has 0 fully saturated rings. The number of nitrogens with zero attached hydrogens (tertiary/aromatic N) is 2. The lowest BCUT2D eigenvalue weighted by atomic mass is 10.2. The number of rotatable bonds is 8. The molecule has 1 amide bonds. The van der Waals surface area contributed by atoms with Gasteiger partial charge in [0.1, 0.15) is 10.8 Å². The molecule has 1 heterocycles. The van der Waals surface area contributed by atoms with Gasteiger partial charge in [0.15, 0.2) is 0 Å². The van der Waals surface area contributed by atoms with Crippen LogP contribution in [0.25, 0.3) is 0 Å². The molecule has 5 nitrogen and oxygen atoms in total. The smallest absolute Gasteiger partial charge is 0.226 e. The highest BCUT2D eigenvalue weighted by molar-refractivity contribution is 7.15. The zero-order valence-electron chi connectivity index (χ0n) is 14.9. The number of halogens is 1. The fraction of sp³-hybridized carbons (Fsp3) is 0.250. The van der Waals surface area contributed by atoms with E-state index in [-0.39, 0.29) is 5.91 Å². The summed E-state index contributed by atoms with van der Waals surface area (Å²) in [6, 6.07) is 15.5. The van der Waals surface area contributed by atoms with Gasteiger partial charge in [0.25, 0.3) is 0 Å². The number of ether oxygens (including phenoxy) is 1. The number of benzene rings is 2. The third-order valence-corrected chi connectivity index (χ3v) is 4.91. The first kappa shape index (κ1) is 19.3. The van der Waals surface area contributed by atoms with E-state index < -0.39 is 0 Å². The van der Waals surface area contributed by atoms with Crippen LogP contribution in [0, 0.1) is 6.92 Å². The minimum Gasteiger partial charge on any atom is -0.494 e. The lowest BCUT2D eigenvalue weighted by molar-refractivity contribution is -0.116. The Kier molecular flexibility index (Phi) is 6.79. The third kappa shape index (κ3) is 6.34. The molecule has 0 aliphatic rings. The zero-order chi connectivity index (χ0) is 19.1. The van der Waals surface area contributed by atoms with Gasteiger partial charge in [-0.3, -0.25) is 4.79 Å². The average molecular weight is 402 g/mol. The first-order valence-corrected chi connectivity index (χ1v) is 9.84. The van der Waals surface area contributed by atoms with E-state index in [9.17, 15) is 4.79 Å². The molecule has 7 heteroatoms. The molecule has 0 unspecified atom stereocenters. The normalized spacial score (nSPS) is 10.6. The van der Waals surface area contributed by atoms with Gasteiger partial charge in [-0.25, -0.2) is 0 Å². The molecule has 0 bridgehead atoms. The summed E-state index contributed by atoms with van der Waals surface area (Å²) < 4.78 is 5.63. The van der Waals surface area contributed by atoms with Crippen LogP contribution in [0.15, 0.2) is 48.5 Å². The van der Waals surface area contributed by atoms with E-state index in [1.165, 1.54) is 16.9 Å². The highest BCUT2D eigenvalue weighted by atomic mass is 35.5. The number of hydrogen-bond donors (Lipinski definition) is 1. The number of amides is 1. The summed E-state index contributed by atoms with van der Waals surface area (Å²) in [7, 11) is 0. The van der Waals surface area contributed by atoms with Crippen molar-refractivity contribution in [2.75, 3.05) is 11.9 Å². The van der Waals surface area contributed by atoms with Crippen molar-refractivity contribution in [2.45, 2.75) is 26.2 Å². The van der Waals surface area contributed by atoms with Crippen molar-refractivity contribution >= 4 is 34.0 Å². The van der Waals surface area contributed by atoms with Crippen molar-refractivity contribution in [3.8, 4) is 5.75 Å². The second-order valence-corrected chi connectivity index (χ2v) is 7.62. The Bertz CT molecular complexity index is 879. The van der Waals surface area contributed by atoms with E-state index in [0.717, 1.165) is 16.3 Å². The summed E-state index contributed by atoms with van der Waals surface area (Å²) in [6.45, 7) is 2.52. The van der Waals surface area contributed by atoms with Gasteiger partial charge in [0.2, 0.25) is 11.0 Å². The van der Waals surface area contributed by atoms with Crippen molar-refractivity contribution in [1.29, 1.82) is 0 Å². The Labute approximate surface area is 167 Å². The van der Waals surface area contributed by atoms with Crippen molar-refractivity contribution in [1.82, 2.24) is 10.2 Å². The standard InChI is InChI=1S/C20H20ClN3O2S/c1-14-4-10-17(11-5-14)26-12-2-3-18(25)22-20-24-23-19(27-20)13-15-6-8-16(21)9-7-15/h4-11H,2-3,12-13H2,1H3,(H,22,24,25). The molecule has 0 atom stereocenters. The predicted molar refractivity (Wildman–Crippen MR) is 109 cm³/mol. The van der Waals surface area contributed by atoms with Gasteiger partial charge in [-0.15, -0.1) is 10.2 Å². The molecule has 1 N–H and O–H groups in total. The van der Waals surface area contributed by atoms with Gasteiger partial charge in [-0.05, 0) is 43.2 Å². The molecule has 0 radical (unpaired) electrons. The van der Waals surface area contributed by atoms with Crippen LogP contribution < -0.4 is 10.1 Å². The van der Waals surface area contributed by atoms with E-state index >= 15 is 0 Å².